The molecule has 1 atom stereocenters. The highest BCUT2D eigenvalue weighted by atomic mass is 127. The minimum absolute atomic E-state index is 0. The van der Waals surface area contributed by atoms with Crippen LogP contribution in [0.2, 0.25) is 0 Å². The fourth-order valence-electron chi connectivity index (χ4n) is 2.67. The van der Waals surface area contributed by atoms with Crippen LogP contribution in [-0.2, 0) is 0 Å². The maximum absolute atomic E-state index is 4.28. The van der Waals surface area contributed by atoms with Crippen molar-refractivity contribution in [3.63, 3.8) is 0 Å². The monoisotopic (exact) mass is 381 g/mol. The summed E-state index contributed by atoms with van der Waals surface area (Å²) in [4.78, 5) is 9.44. The molecule has 6 heteroatoms. The first-order valence-corrected chi connectivity index (χ1v) is 6.93. The largest absolute Gasteiger partial charge is 0.355 e. The Morgan fingerprint density at radius 3 is 2.26 bits per heavy atom. The van der Waals surface area contributed by atoms with E-state index in [1.54, 1.807) is 0 Å². The lowest BCUT2D eigenvalue weighted by Gasteiger charge is -2.47. The van der Waals surface area contributed by atoms with E-state index in [4.69, 9.17) is 0 Å². The highest BCUT2D eigenvalue weighted by Gasteiger charge is 2.31. The molecule has 112 valence electrons. The Hall–Kier alpha value is -0.0800. The maximum atomic E-state index is 4.28. The molecule has 3 heterocycles. The molecule has 0 aromatic rings. The van der Waals surface area contributed by atoms with Crippen molar-refractivity contribution in [1.29, 1.82) is 0 Å². The molecule has 0 aromatic heterocycles. The molecule has 19 heavy (non-hydrogen) atoms. The number of rotatable bonds is 2. The first kappa shape index (κ1) is 17.0. The van der Waals surface area contributed by atoms with Gasteiger partial charge in [0.15, 0.2) is 5.96 Å². The Bertz CT molecular complexity index is 305. The first-order chi connectivity index (χ1) is 8.48. The quantitative estimate of drug-likeness (QED) is 0.417. The molecule has 2 N–H and O–H groups in total. The fourth-order valence-corrected chi connectivity index (χ4v) is 2.67. The minimum atomic E-state index is 0. The summed E-state index contributed by atoms with van der Waals surface area (Å²) in [6, 6.07) is 0.631. The molecule has 2 bridgehead atoms. The third kappa shape index (κ3) is 5.07. The number of piperazine rings is 3. The molecule has 0 radical (unpaired) electrons. The predicted octanol–water partition coefficient (Wildman–Crippen LogP) is 0.568. The Labute approximate surface area is 134 Å². The lowest BCUT2D eigenvalue weighted by atomic mass is 10.1. The number of nitrogens with one attached hydrogen (secondary N) is 2. The van der Waals surface area contributed by atoms with Crippen molar-refractivity contribution in [2.75, 3.05) is 46.3 Å². The highest BCUT2D eigenvalue weighted by molar-refractivity contribution is 14.0. The summed E-state index contributed by atoms with van der Waals surface area (Å²) in [5.74, 6) is 0.903. The summed E-state index contributed by atoms with van der Waals surface area (Å²) in [6.45, 7) is 13.5. The van der Waals surface area contributed by atoms with Gasteiger partial charge in [0.1, 0.15) is 0 Å². The summed E-state index contributed by atoms with van der Waals surface area (Å²) in [5.41, 5.74) is 0.0528. The second-order valence-corrected chi connectivity index (χ2v) is 6.32. The summed E-state index contributed by atoms with van der Waals surface area (Å²) in [6.07, 6.45) is 0. The van der Waals surface area contributed by atoms with Crippen LogP contribution in [0.25, 0.3) is 0 Å². The van der Waals surface area contributed by atoms with Crippen LogP contribution in [0.4, 0.5) is 0 Å². The summed E-state index contributed by atoms with van der Waals surface area (Å²) in [5, 5.41) is 6.85. The number of nitrogens with zero attached hydrogens (tertiary/aromatic N) is 3. The van der Waals surface area contributed by atoms with E-state index in [-0.39, 0.29) is 29.5 Å². The van der Waals surface area contributed by atoms with Crippen LogP contribution in [-0.4, -0.2) is 73.7 Å². The van der Waals surface area contributed by atoms with E-state index in [0.717, 1.165) is 12.5 Å². The van der Waals surface area contributed by atoms with Gasteiger partial charge in [0.05, 0.1) is 0 Å². The van der Waals surface area contributed by atoms with E-state index in [0.29, 0.717) is 6.04 Å². The second-order valence-electron chi connectivity index (χ2n) is 6.32. The molecular formula is C13H28IN5. The average molecular weight is 381 g/mol. The SMILES string of the molecule is CN=C(NCC1CN2CCN1CC2)NC(C)(C)C.I. The topological polar surface area (TPSA) is 42.9 Å². The van der Waals surface area contributed by atoms with E-state index in [1.165, 1.54) is 32.7 Å². The molecule has 0 aliphatic carbocycles. The maximum Gasteiger partial charge on any atom is 0.191 e. The van der Waals surface area contributed by atoms with Crippen LogP contribution >= 0.6 is 24.0 Å². The normalized spacial score (nSPS) is 30.7. The van der Waals surface area contributed by atoms with Crippen molar-refractivity contribution in [2.24, 2.45) is 4.99 Å². The van der Waals surface area contributed by atoms with Gasteiger partial charge in [-0.05, 0) is 20.8 Å². The lowest BCUT2D eigenvalue weighted by Crippen LogP contribution is -2.64. The van der Waals surface area contributed by atoms with E-state index < -0.39 is 0 Å². The lowest BCUT2D eigenvalue weighted by molar-refractivity contribution is 0.0154. The highest BCUT2D eigenvalue weighted by Crippen LogP contribution is 2.14. The second kappa shape index (κ2) is 7.08. The molecule has 3 rings (SSSR count). The van der Waals surface area contributed by atoms with Crippen LogP contribution in [0.5, 0.6) is 0 Å². The molecule has 0 spiro atoms. The van der Waals surface area contributed by atoms with E-state index in [2.05, 4.69) is 46.2 Å². The standard InChI is InChI=1S/C13H27N5.HI/c1-13(2,3)16-12(14-4)15-9-11-10-17-5-7-18(11)8-6-17;/h11H,5-10H2,1-4H3,(H2,14,15,16);1H. The molecule has 3 fully saturated rings. The van der Waals surface area contributed by atoms with Crippen molar-refractivity contribution in [1.82, 2.24) is 20.4 Å². The van der Waals surface area contributed by atoms with Gasteiger partial charge >= 0.3 is 0 Å². The Balaban J connectivity index is 0.00000180. The fraction of sp³-hybridized carbons (Fsp3) is 0.923. The number of hydrogen-bond donors (Lipinski definition) is 2. The summed E-state index contributed by atoms with van der Waals surface area (Å²) >= 11 is 0. The summed E-state index contributed by atoms with van der Waals surface area (Å²) in [7, 11) is 1.83. The van der Waals surface area contributed by atoms with Crippen molar-refractivity contribution < 1.29 is 0 Å². The van der Waals surface area contributed by atoms with Gasteiger partial charge in [0.2, 0.25) is 0 Å². The number of guanidine groups is 1. The van der Waals surface area contributed by atoms with Gasteiger partial charge in [-0.3, -0.25) is 14.8 Å². The van der Waals surface area contributed by atoms with Crippen LogP contribution in [0.15, 0.2) is 4.99 Å². The van der Waals surface area contributed by atoms with Gasteiger partial charge in [-0.2, -0.15) is 0 Å². The van der Waals surface area contributed by atoms with Gasteiger partial charge in [-0.25, -0.2) is 0 Å². The smallest absolute Gasteiger partial charge is 0.191 e. The molecule has 0 saturated carbocycles. The molecule has 0 aromatic carbocycles. The predicted molar refractivity (Wildman–Crippen MR) is 91.5 cm³/mol. The Morgan fingerprint density at radius 2 is 1.84 bits per heavy atom. The van der Waals surface area contributed by atoms with Crippen LogP contribution in [0.1, 0.15) is 20.8 Å². The van der Waals surface area contributed by atoms with Gasteiger partial charge in [-0.15, -0.1) is 24.0 Å². The zero-order valence-corrected chi connectivity index (χ0v) is 14.9. The van der Waals surface area contributed by atoms with Crippen LogP contribution < -0.4 is 10.6 Å². The zero-order chi connectivity index (χ0) is 13.2. The van der Waals surface area contributed by atoms with Gasteiger partial charge in [0.25, 0.3) is 0 Å². The van der Waals surface area contributed by atoms with Crippen molar-refractivity contribution >= 4 is 29.9 Å². The van der Waals surface area contributed by atoms with E-state index in [1.807, 2.05) is 7.05 Å². The van der Waals surface area contributed by atoms with E-state index in [9.17, 15) is 0 Å². The van der Waals surface area contributed by atoms with Crippen LogP contribution in [0.3, 0.4) is 0 Å². The van der Waals surface area contributed by atoms with E-state index >= 15 is 0 Å². The number of halogens is 1. The molecule has 3 aliphatic heterocycles. The molecule has 5 nitrogen and oxygen atoms in total. The van der Waals surface area contributed by atoms with Crippen molar-refractivity contribution in [3.8, 4) is 0 Å². The third-order valence-electron chi connectivity index (χ3n) is 3.61. The molecule has 0 amide bonds. The Morgan fingerprint density at radius 1 is 1.21 bits per heavy atom. The number of fused-ring (bicyclic) bond motifs is 3. The minimum Gasteiger partial charge on any atom is -0.355 e. The van der Waals surface area contributed by atoms with Crippen molar-refractivity contribution in [2.45, 2.75) is 32.4 Å². The molecule has 1 unspecified atom stereocenters. The van der Waals surface area contributed by atoms with Gasteiger partial charge < -0.3 is 10.6 Å². The zero-order valence-electron chi connectivity index (χ0n) is 12.6. The molecular weight excluding hydrogens is 353 g/mol. The van der Waals surface area contributed by atoms with Crippen molar-refractivity contribution in [3.05, 3.63) is 0 Å². The summed E-state index contributed by atoms with van der Waals surface area (Å²) < 4.78 is 0. The Kier molecular flexibility index (Phi) is 6.32. The van der Waals surface area contributed by atoms with Crippen LogP contribution in [0, 0.1) is 0 Å². The molecule has 3 saturated heterocycles. The van der Waals surface area contributed by atoms with Gasteiger partial charge in [0, 0.05) is 57.9 Å². The first-order valence-electron chi connectivity index (χ1n) is 6.93. The average Bonchev–Trinajstić information content (AvgIpc) is 2.34. The van der Waals surface area contributed by atoms with Gasteiger partial charge in [-0.1, -0.05) is 0 Å². The third-order valence-corrected chi connectivity index (χ3v) is 3.61. The number of hydrogen-bond acceptors (Lipinski definition) is 3. The number of aliphatic imine (C=N–C) groups is 1. The molecule has 3 aliphatic rings.